The van der Waals surface area contributed by atoms with E-state index in [4.69, 9.17) is 16.0 Å². The molecule has 0 bridgehead atoms. The van der Waals surface area contributed by atoms with Crippen LogP contribution < -0.4 is 0 Å². The van der Waals surface area contributed by atoms with E-state index in [1.54, 1.807) is 0 Å². The Labute approximate surface area is 105 Å². The van der Waals surface area contributed by atoms with Gasteiger partial charge in [-0.15, -0.1) is 11.6 Å². The molecule has 0 aromatic rings. The van der Waals surface area contributed by atoms with Crippen molar-refractivity contribution in [3.63, 3.8) is 0 Å². The molecule has 0 amide bonds. The van der Waals surface area contributed by atoms with E-state index in [9.17, 15) is 5.26 Å². The van der Waals surface area contributed by atoms with Crippen LogP contribution in [0.2, 0.25) is 13.1 Å². The molecule has 0 aliphatic rings. The van der Waals surface area contributed by atoms with E-state index in [2.05, 4.69) is 26.0 Å². The Hall–Kier alpha value is -0.303. The summed E-state index contributed by atoms with van der Waals surface area (Å²) in [6.07, 6.45) is 3.73. The minimum Gasteiger partial charge on any atom is -0.399 e. The minimum absolute atomic E-state index is 0.521. The topological polar surface area (TPSA) is 33.0 Å². The van der Waals surface area contributed by atoms with Crippen molar-refractivity contribution in [2.45, 2.75) is 52.3 Å². The van der Waals surface area contributed by atoms with Gasteiger partial charge in [-0.1, -0.05) is 11.6 Å². The number of hydrogen-bond donors (Lipinski definition) is 0. The van der Waals surface area contributed by atoms with Crippen LogP contribution in [0.15, 0.2) is 11.6 Å². The Morgan fingerprint density at radius 1 is 1.50 bits per heavy atom. The smallest absolute Gasteiger partial charge is 0.203 e. The number of hydrogen-bond acceptors (Lipinski definition) is 2. The average Bonchev–Trinajstić information content (AvgIpc) is 2.16. The summed E-state index contributed by atoms with van der Waals surface area (Å²) in [4.78, 5) is 0. The van der Waals surface area contributed by atoms with Crippen molar-refractivity contribution in [3.05, 3.63) is 11.6 Å². The molecule has 2 nitrogen and oxygen atoms in total. The summed E-state index contributed by atoms with van der Waals surface area (Å²) in [5, 5.41) is 9.19. The van der Waals surface area contributed by atoms with E-state index in [1.165, 1.54) is 5.57 Å². The maximum absolute atomic E-state index is 9.19. The standard InChI is InChI=1S/C12H22ClNOSi/c1-11(2)7-6-8-12(3,9-14)15-16(4,5)10-13/h7H,6,8,10H2,1-5H3/t12-/m0/s1. The molecule has 0 aliphatic heterocycles. The second kappa shape index (κ2) is 6.44. The molecule has 0 aromatic carbocycles. The third-order valence-electron chi connectivity index (χ3n) is 2.23. The Morgan fingerprint density at radius 3 is 2.44 bits per heavy atom. The molecule has 0 saturated carbocycles. The molecular weight excluding hydrogens is 238 g/mol. The van der Waals surface area contributed by atoms with Gasteiger partial charge in [0.05, 0.1) is 6.07 Å². The molecule has 0 spiro atoms. The number of nitrogens with zero attached hydrogens (tertiary/aromatic N) is 1. The summed E-state index contributed by atoms with van der Waals surface area (Å²) in [6.45, 7) is 10.0. The SMILES string of the molecule is CC(C)=CCC[C@@](C)(C#N)O[Si](C)(C)CCl. The predicted octanol–water partition coefficient (Wildman–Crippen LogP) is 4.01. The van der Waals surface area contributed by atoms with Crippen molar-refractivity contribution < 1.29 is 4.43 Å². The maximum Gasteiger partial charge on any atom is 0.203 e. The minimum atomic E-state index is -1.89. The van der Waals surface area contributed by atoms with Crippen LogP contribution in [0.5, 0.6) is 0 Å². The molecule has 0 heterocycles. The van der Waals surface area contributed by atoms with Gasteiger partial charge >= 0.3 is 0 Å². The van der Waals surface area contributed by atoms with Crippen LogP contribution in [0.25, 0.3) is 0 Å². The summed E-state index contributed by atoms with van der Waals surface area (Å²) in [6, 6.07) is 2.27. The third-order valence-corrected chi connectivity index (χ3v) is 5.81. The molecule has 0 aromatic heterocycles. The van der Waals surface area contributed by atoms with Crippen molar-refractivity contribution in [3.8, 4) is 6.07 Å². The van der Waals surface area contributed by atoms with E-state index in [-0.39, 0.29) is 0 Å². The van der Waals surface area contributed by atoms with Crippen molar-refractivity contribution in [2.75, 3.05) is 5.50 Å². The lowest BCUT2D eigenvalue weighted by atomic mass is 10.0. The average molecular weight is 260 g/mol. The van der Waals surface area contributed by atoms with Crippen LogP contribution in [0.3, 0.4) is 0 Å². The number of nitriles is 1. The highest BCUT2D eigenvalue weighted by atomic mass is 35.5. The molecule has 92 valence electrons. The van der Waals surface area contributed by atoms with Gasteiger partial charge in [-0.2, -0.15) is 5.26 Å². The lowest BCUT2D eigenvalue weighted by Gasteiger charge is -2.31. The zero-order chi connectivity index (χ0) is 12.8. The second-order valence-corrected chi connectivity index (χ2v) is 9.95. The predicted molar refractivity (Wildman–Crippen MR) is 72.0 cm³/mol. The zero-order valence-corrected chi connectivity index (χ0v) is 12.7. The van der Waals surface area contributed by atoms with Crippen LogP contribution in [-0.4, -0.2) is 19.4 Å². The Morgan fingerprint density at radius 2 is 2.06 bits per heavy atom. The number of rotatable bonds is 6. The fraction of sp³-hybridized carbons (Fsp3) is 0.750. The van der Waals surface area contributed by atoms with Crippen molar-refractivity contribution in [1.29, 1.82) is 5.26 Å². The van der Waals surface area contributed by atoms with Crippen LogP contribution in [-0.2, 0) is 4.43 Å². The van der Waals surface area contributed by atoms with Crippen molar-refractivity contribution in [2.24, 2.45) is 0 Å². The monoisotopic (exact) mass is 259 g/mol. The molecule has 0 fully saturated rings. The number of allylic oxidation sites excluding steroid dienone is 2. The molecule has 0 aliphatic carbocycles. The van der Waals surface area contributed by atoms with Crippen molar-refractivity contribution in [1.82, 2.24) is 0 Å². The van der Waals surface area contributed by atoms with Crippen LogP contribution in [0, 0.1) is 11.3 Å². The lowest BCUT2D eigenvalue weighted by molar-refractivity contribution is 0.131. The van der Waals surface area contributed by atoms with Gasteiger partial charge in [-0.3, -0.25) is 0 Å². The fourth-order valence-electron chi connectivity index (χ4n) is 1.40. The van der Waals surface area contributed by atoms with E-state index >= 15 is 0 Å². The van der Waals surface area contributed by atoms with Gasteiger partial charge in [0.1, 0.15) is 5.60 Å². The largest absolute Gasteiger partial charge is 0.399 e. The quantitative estimate of drug-likeness (QED) is 0.410. The molecular formula is C12H22ClNOSi. The first-order valence-corrected chi connectivity index (χ1v) is 9.20. The van der Waals surface area contributed by atoms with Gasteiger partial charge < -0.3 is 4.43 Å². The Bertz CT molecular complexity index is 292. The highest BCUT2D eigenvalue weighted by molar-refractivity contribution is 6.77. The summed E-state index contributed by atoms with van der Waals surface area (Å²) < 4.78 is 5.92. The summed E-state index contributed by atoms with van der Waals surface area (Å²) in [5.74, 6) is 0. The highest BCUT2D eigenvalue weighted by Crippen LogP contribution is 2.23. The first-order valence-electron chi connectivity index (χ1n) is 5.55. The molecule has 1 atom stereocenters. The zero-order valence-electron chi connectivity index (χ0n) is 10.9. The summed E-state index contributed by atoms with van der Waals surface area (Å²) in [7, 11) is -1.89. The van der Waals surface area contributed by atoms with Gasteiger partial charge in [0, 0.05) is 5.50 Å². The van der Waals surface area contributed by atoms with E-state index in [0.717, 1.165) is 12.8 Å². The Balaban J connectivity index is 4.45. The van der Waals surface area contributed by atoms with Gasteiger partial charge in [-0.25, -0.2) is 0 Å². The van der Waals surface area contributed by atoms with Crippen LogP contribution >= 0.6 is 11.6 Å². The number of alkyl halides is 1. The van der Waals surface area contributed by atoms with E-state index in [1.807, 2.05) is 20.0 Å². The number of halogens is 1. The normalized spacial score (nSPS) is 15.1. The highest BCUT2D eigenvalue weighted by Gasteiger charge is 2.33. The van der Waals surface area contributed by atoms with Crippen LogP contribution in [0.1, 0.15) is 33.6 Å². The van der Waals surface area contributed by atoms with Gasteiger partial charge in [-0.05, 0) is 46.7 Å². The molecule has 0 rings (SSSR count). The molecule has 0 N–H and O–H groups in total. The van der Waals surface area contributed by atoms with Crippen molar-refractivity contribution >= 4 is 19.9 Å². The molecule has 0 unspecified atom stereocenters. The van der Waals surface area contributed by atoms with Gasteiger partial charge in [0.15, 0.2) is 0 Å². The molecule has 0 saturated heterocycles. The van der Waals surface area contributed by atoms with E-state index < -0.39 is 13.9 Å². The van der Waals surface area contributed by atoms with Gasteiger partial charge in [0.25, 0.3) is 0 Å². The summed E-state index contributed by atoms with van der Waals surface area (Å²) in [5.41, 5.74) is 1.10. The molecule has 4 heteroatoms. The summed E-state index contributed by atoms with van der Waals surface area (Å²) >= 11 is 5.86. The molecule has 16 heavy (non-hydrogen) atoms. The first kappa shape index (κ1) is 15.7. The fourth-order valence-corrected chi connectivity index (χ4v) is 2.99. The Kier molecular flexibility index (Phi) is 6.31. The lowest BCUT2D eigenvalue weighted by Crippen LogP contribution is -2.43. The first-order chi connectivity index (χ1) is 7.24. The maximum atomic E-state index is 9.19. The third kappa shape index (κ3) is 6.32. The van der Waals surface area contributed by atoms with Crippen LogP contribution in [0.4, 0.5) is 0 Å². The van der Waals surface area contributed by atoms with E-state index in [0.29, 0.717) is 5.50 Å². The molecule has 0 radical (unpaired) electrons. The second-order valence-electron chi connectivity index (χ2n) is 5.16. The van der Waals surface area contributed by atoms with Gasteiger partial charge in [0.2, 0.25) is 8.32 Å².